The molecule has 2 rings (SSSR count). The second-order valence-electron chi connectivity index (χ2n) is 6.64. The first-order chi connectivity index (χ1) is 13.3. The average molecular weight is 405 g/mol. The first-order valence-corrected chi connectivity index (χ1v) is 11.3. The normalized spacial score (nSPS) is 12.2. The standard InChI is InChI=1S/C21H28N2O4S/c1-4-5-9-16-22-21(24)17(2)23(28(3,25)26)18-12-14-20(15-13-18)27-19-10-7-6-8-11-19/h6-8,10-15,17H,4-5,9,16H2,1-3H3,(H,22,24)/t17-/m1/s1. The maximum Gasteiger partial charge on any atom is 0.243 e. The van der Waals surface area contributed by atoms with Crippen molar-refractivity contribution in [3.63, 3.8) is 0 Å². The van der Waals surface area contributed by atoms with Gasteiger partial charge in [-0.2, -0.15) is 0 Å². The number of nitrogens with one attached hydrogen (secondary N) is 1. The van der Waals surface area contributed by atoms with E-state index in [1.807, 2.05) is 30.3 Å². The van der Waals surface area contributed by atoms with Crippen molar-refractivity contribution in [2.45, 2.75) is 39.2 Å². The summed E-state index contributed by atoms with van der Waals surface area (Å²) in [6.07, 6.45) is 4.05. The Balaban J connectivity index is 2.13. The van der Waals surface area contributed by atoms with Gasteiger partial charge < -0.3 is 10.1 Å². The second kappa shape index (κ2) is 10.1. The number of rotatable bonds is 10. The van der Waals surface area contributed by atoms with Crippen LogP contribution in [0.3, 0.4) is 0 Å². The summed E-state index contributed by atoms with van der Waals surface area (Å²) in [5.74, 6) is 0.959. The summed E-state index contributed by atoms with van der Waals surface area (Å²) in [5.41, 5.74) is 0.416. The molecule has 0 fully saturated rings. The minimum Gasteiger partial charge on any atom is -0.457 e. The molecule has 0 bridgehead atoms. The van der Waals surface area contributed by atoms with Crippen LogP contribution >= 0.6 is 0 Å². The van der Waals surface area contributed by atoms with Gasteiger partial charge in [0.2, 0.25) is 15.9 Å². The molecule has 0 saturated heterocycles. The summed E-state index contributed by atoms with van der Waals surface area (Å²) in [6.45, 7) is 4.21. The lowest BCUT2D eigenvalue weighted by molar-refractivity contribution is -0.121. The molecule has 2 aromatic rings. The molecular formula is C21H28N2O4S. The highest BCUT2D eigenvalue weighted by Crippen LogP contribution is 2.26. The molecular weight excluding hydrogens is 376 g/mol. The molecule has 0 aliphatic heterocycles. The smallest absolute Gasteiger partial charge is 0.243 e. The van der Waals surface area contributed by atoms with E-state index in [0.29, 0.717) is 23.7 Å². The molecule has 0 aliphatic carbocycles. The van der Waals surface area contributed by atoms with E-state index in [1.54, 1.807) is 31.2 Å². The molecule has 0 aliphatic rings. The molecule has 0 radical (unpaired) electrons. The molecule has 6 nitrogen and oxygen atoms in total. The Morgan fingerprint density at radius 2 is 1.64 bits per heavy atom. The number of carbonyl (C=O) groups excluding carboxylic acids is 1. The number of carbonyl (C=O) groups is 1. The Bertz CT molecular complexity index is 852. The predicted molar refractivity (Wildman–Crippen MR) is 112 cm³/mol. The molecule has 152 valence electrons. The summed E-state index contributed by atoms with van der Waals surface area (Å²) in [5, 5.41) is 2.81. The number of para-hydroxylation sites is 1. The minimum atomic E-state index is -3.64. The lowest BCUT2D eigenvalue weighted by Gasteiger charge is -2.28. The Morgan fingerprint density at radius 3 is 2.21 bits per heavy atom. The average Bonchev–Trinajstić information content (AvgIpc) is 2.66. The van der Waals surface area contributed by atoms with Crippen molar-refractivity contribution in [1.82, 2.24) is 5.32 Å². The molecule has 2 aromatic carbocycles. The van der Waals surface area contributed by atoms with E-state index in [0.717, 1.165) is 29.8 Å². The zero-order valence-corrected chi connectivity index (χ0v) is 17.4. The molecule has 0 saturated carbocycles. The second-order valence-corrected chi connectivity index (χ2v) is 8.50. The summed E-state index contributed by atoms with van der Waals surface area (Å²) >= 11 is 0. The summed E-state index contributed by atoms with van der Waals surface area (Å²) in [6, 6.07) is 15.1. The van der Waals surface area contributed by atoms with Gasteiger partial charge in [0.25, 0.3) is 0 Å². The van der Waals surface area contributed by atoms with E-state index in [2.05, 4.69) is 12.2 Å². The minimum absolute atomic E-state index is 0.314. The molecule has 7 heteroatoms. The van der Waals surface area contributed by atoms with Crippen LogP contribution < -0.4 is 14.4 Å². The third-order valence-electron chi connectivity index (χ3n) is 4.24. The van der Waals surface area contributed by atoms with Crippen LogP contribution in [0.5, 0.6) is 11.5 Å². The van der Waals surface area contributed by atoms with E-state index in [4.69, 9.17) is 4.74 Å². The molecule has 0 aromatic heterocycles. The molecule has 1 amide bonds. The number of unbranched alkanes of at least 4 members (excludes halogenated alkanes) is 2. The maximum absolute atomic E-state index is 12.4. The number of ether oxygens (including phenoxy) is 1. The van der Waals surface area contributed by atoms with Crippen LogP contribution in [0.25, 0.3) is 0 Å². The van der Waals surface area contributed by atoms with Crippen LogP contribution in [0.2, 0.25) is 0 Å². The molecule has 0 spiro atoms. The van der Waals surface area contributed by atoms with Crippen molar-refractivity contribution in [3.05, 3.63) is 54.6 Å². The van der Waals surface area contributed by atoms with Crippen molar-refractivity contribution in [3.8, 4) is 11.5 Å². The topological polar surface area (TPSA) is 75.7 Å². The molecule has 1 N–H and O–H groups in total. The van der Waals surface area contributed by atoms with Gasteiger partial charge >= 0.3 is 0 Å². The molecule has 1 atom stereocenters. The van der Waals surface area contributed by atoms with Crippen LogP contribution in [0.15, 0.2) is 54.6 Å². The Labute approximate surface area is 167 Å². The van der Waals surface area contributed by atoms with E-state index >= 15 is 0 Å². The lowest BCUT2D eigenvalue weighted by Crippen LogP contribution is -2.48. The first-order valence-electron chi connectivity index (χ1n) is 9.43. The quantitative estimate of drug-likeness (QED) is 0.609. The van der Waals surface area contributed by atoms with Crippen molar-refractivity contribution in [2.75, 3.05) is 17.1 Å². The monoisotopic (exact) mass is 404 g/mol. The van der Waals surface area contributed by atoms with Gasteiger partial charge in [-0.05, 0) is 49.7 Å². The van der Waals surface area contributed by atoms with Crippen molar-refractivity contribution in [1.29, 1.82) is 0 Å². The van der Waals surface area contributed by atoms with Crippen LogP contribution in [0.1, 0.15) is 33.1 Å². The van der Waals surface area contributed by atoms with Gasteiger partial charge in [0.05, 0.1) is 11.9 Å². The first kappa shape index (κ1) is 21.8. The number of amides is 1. The highest BCUT2D eigenvalue weighted by molar-refractivity contribution is 7.92. The zero-order valence-electron chi connectivity index (χ0n) is 16.6. The summed E-state index contributed by atoms with van der Waals surface area (Å²) in [7, 11) is -3.64. The maximum atomic E-state index is 12.4. The number of hydrogen-bond donors (Lipinski definition) is 1. The number of hydrogen-bond acceptors (Lipinski definition) is 4. The van der Waals surface area contributed by atoms with Crippen molar-refractivity contribution in [2.24, 2.45) is 0 Å². The van der Waals surface area contributed by atoms with Gasteiger partial charge in [0.1, 0.15) is 17.5 Å². The van der Waals surface area contributed by atoms with Gasteiger partial charge in [0.15, 0.2) is 0 Å². The number of nitrogens with zero attached hydrogens (tertiary/aromatic N) is 1. The molecule has 28 heavy (non-hydrogen) atoms. The Kier molecular flexibility index (Phi) is 7.87. The van der Waals surface area contributed by atoms with Gasteiger partial charge in [-0.3, -0.25) is 9.10 Å². The third-order valence-corrected chi connectivity index (χ3v) is 5.48. The zero-order chi connectivity index (χ0) is 20.6. The lowest BCUT2D eigenvalue weighted by atomic mass is 10.2. The highest BCUT2D eigenvalue weighted by Gasteiger charge is 2.28. The van der Waals surface area contributed by atoms with E-state index in [-0.39, 0.29) is 5.91 Å². The number of anilines is 1. The van der Waals surface area contributed by atoms with Crippen molar-refractivity contribution < 1.29 is 17.9 Å². The Morgan fingerprint density at radius 1 is 1.04 bits per heavy atom. The van der Waals surface area contributed by atoms with Gasteiger partial charge in [-0.25, -0.2) is 8.42 Å². The molecule has 0 heterocycles. The fourth-order valence-electron chi connectivity index (χ4n) is 2.83. The van der Waals surface area contributed by atoms with Gasteiger partial charge in [-0.15, -0.1) is 0 Å². The van der Waals surface area contributed by atoms with Crippen molar-refractivity contribution >= 4 is 21.6 Å². The summed E-state index contributed by atoms with van der Waals surface area (Å²) in [4.78, 5) is 12.4. The fraction of sp³-hybridized carbons (Fsp3) is 0.381. The van der Waals surface area contributed by atoms with Gasteiger partial charge in [0, 0.05) is 6.54 Å². The number of sulfonamides is 1. The largest absolute Gasteiger partial charge is 0.457 e. The fourth-order valence-corrected chi connectivity index (χ4v) is 4.00. The predicted octanol–water partition coefficient (Wildman–Crippen LogP) is 3.94. The van der Waals surface area contributed by atoms with Crippen LogP contribution in [-0.4, -0.2) is 33.2 Å². The van der Waals surface area contributed by atoms with E-state index in [1.165, 1.54) is 0 Å². The third kappa shape index (κ3) is 6.27. The Hall–Kier alpha value is -2.54. The van der Waals surface area contributed by atoms with Gasteiger partial charge in [-0.1, -0.05) is 38.0 Å². The highest BCUT2D eigenvalue weighted by atomic mass is 32.2. The summed E-state index contributed by atoms with van der Waals surface area (Å²) < 4.78 is 31.6. The van der Waals surface area contributed by atoms with Crippen LogP contribution in [0, 0.1) is 0 Å². The van der Waals surface area contributed by atoms with Crippen LogP contribution in [0.4, 0.5) is 5.69 Å². The van der Waals surface area contributed by atoms with E-state index < -0.39 is 16.1 Å². The van der Waals surface area contributed by atoms with E-state index in [9.17, 15) is 13.2 Å². The SMILES string of the molecule is CCCCCNC(=O)[C@@H](C)N(c1ccc(Oc2ccccc2)cc1)S(C)(=O)=O. The van der Waals surface area contributed by atoms with Crippen LogP contribution in [-0.2, 0) is 14.8 Å². The number of benzene rings is 2. The molecule has 0 unspecified atom stereocenters.